The number of hydrogen-bond donors (Lipinski definition) is 2. The van der Waals surface area contributed by atoms with E-state index in [0.717, 1.165) is 126 Å². The van der Waals surface area contributed by atoms with Crippen LogP contribution in [-0.2, 0) is 0 Å². The maximum absolute atomic E-state index is 16.2. The minimum atomic E-state index is -1.72. The maximum Gasteiger partial charge on any atom is 0.195 e. The summed E-state index contributed by atoms with van der Waals surface area (Å²) in [5.41, 5.74) is 7.58. The number of phenolic OH excluding ortho intramolecular Hbond substituents is 2. The summed E-state index contributed by atoms with van der Waals surface area (Å²) in [5.74, 6) is -9.29. The van der Waals surface area contributed by atoms with Crippen molar-refractivity contribution in [1.29, 1.82) is 0 Å². The fourth-order valence-electron chi connectivity index (χ4n) is 13.0. The molecule has 396 valence electrons. The van der Waals surface area contributed by atoms with Gasteiger partial charge in [-0.2, -0.15) is 0 Å². The van der Waals surface area contributed by atoms with Gasteiger partial charge in [0.1, 0.15) is 23.0 Å². The summed E-state index contributed by atoms with van der Waals surface area (Å²) in [6, 6.07) is 21.3. The smallest absolute Gasteiger partial charge is 0.195 e. The Labute approximate surface area is 438 Å². The van der Waals surface area contributed by atoms with E-state index in [1.807, 2.05) is 12.1 Å². The number of halogens is 6. The van der Waals surface area contributed by atoms with Crippen molar-refractivity contribution in [1.82, 2.24) is 0 Å². The van der Waals surface area contributed by atoms with Gasteiger partial charge in [0.2, 0.25) is 0 Å². The van der Waals surface area contributed by atoms with Crippen molar-refractivity contribution >= 4 is 0 Å². The first-order valence-electron chi connectivity index (χ1n) is 27.9. The van der Waals surface area contributed by atoms with E-state index in [4.69, 9.17) is 9.47 Å². The molecule has 0 heterocycles. The van der Waals surface area contributed by atoms with Crippen LogP contribution in [0.15, 0.2) is 72.8 Å². The summed E-state index contributed by atoms with van der Waals surface area (Å²) in [5, 5.41) is 24.3. The van der Waals surface area contributed by atoms with Crippen molar-refractivity contribution in [2.45, 2.75) is 172 Å². The number of aromatic hydroxyl groups is 2. The Morgan fingerprint density at radius 1 is 0.373 bits per heavy atom. The molecule has 0 bridgehead atoms. The molecule has 4 aliphatic rings. The van der Waals surface area contributed by atoms with Crippen LogP contribution < -0.4 is 9.47 Å². The molecular formula is C65H70F6O4. The normalized spacial score (nSPS) is 17.4. The predicted octanol–water partition coefficient (Wildman–Crippen LogP) is 19.3. The Balaban J connectivity index is 0.929. The van der Waals surface area contributed by atoms with Crippen LogP contribution in [0.4, 0.5) is 26.3 Å². The average molecular weight is 1030 g/mol. The molecule has 0 atom stereocenters. The van der Waals surface area contributed by atoms with E-state index >= 15 is 26.3 Å². The van der Waals surface area contributed by atoms with Crippen LogP contribution in [0.3, 0.4) is 0 Å². The Morgan fingerprint density at radius 2 is 0.667 bits per heavy atom. The topological polar surface area (TPSA) is 58.9 Å². The van der Waals surface area contributed by atoms with Crippen molar-refractivity contribution in [3.63, 3.8) is 0 Å². The highest BCUT2D eigenvalue weighted by molar-refractivity contribution is 5.87. The second-order valence-corrected chi connectivity index (χ2v) is 22.3. The van der Waals surface area contributed by atoms with E-state index in [9.17, 15) is 10.2 Å². The molecule has 6 aromatic carbocycles. The molecule has 0 unspecified atom stereocenters. The van der Waals surface area contributed by atoms with Crippen molar-refractivity contribution in [3.8, 4) is 67.5 Å². The van der Waals surface area contributed by atoms with Gasteiger partial charge in [-0.15, -0.1) is 0 Å². The van der Waals surface area contributed by atoms with Crippen molar-refractivity contribution in [2.75, 3.05) is 13.2 Å². The lowest BCUT2D eigenvalue weighted by atomic mass is 9.78. The highest BCUT2D eigenvalue weighted by atomic mass is 19.2. The van der Waals surface area contributed by atoms with Crippen LogP contribution >= 0.6 is 0 Å². The van der Waals surface area contributed by atoms with Crippen molar-refractivity contribution in [3.05, 3.63) is 141 Å². The zero-order valence-electron chi connectivity index (χ0n) is 43.5. The molecule has 0 saturated heterocycles. The first kappa shape index (κ1) is 52.5. The van der Waals surface area contributed by atoms with Crippen LogP contribution in [0, 0.1) is 48.8 Å². The lowest BCUT2D eigenvalue weighted by Crippen LogP contribution is -2.09. The van der Waals surface area contributed by atoms with E-state index in [1.165, 1.54) is 60.1 Å². The van der Waals surface area contributed by atoms with Gasteiger partial charge >= 0.3 is 0 Å². The molecule has 4 aliphatic carbocycles. The van der Waals surface area contributed by atoms with Crippen molar-refractivity contribution < 1.29 is 46.0 Å². The summed E-state index contributed by atoms with van der Waals surface area (Å²) < 4.78 is 105. The van der Waals surface area contributed by atoms with E-state index in [0.29, 0.717) is 45.9 Å². The summed E-state index contributed by atoms with van der Waals surface area (Å²) >= 11 is 0. The first-order chi connectivity index (χ1) is 36.3. The number of ether oxygens (including phenoxy) is 2. The summed E-state index contributed by atoms with van der Waals surface area (Å²) in [4.78, 5) is 0. The molecule has 75 heavy (non-hydrogen) atoms. The van der Waals surface area contributed by atoms with Gasteiger partial charge in [0.05, 0.1) is 24.3 Å². The first-order valence-corrected chi connectivity index (χ1v) is 27.9. The van der Waals surface area contributed by atoms with Crippen molar-refractivity contribution in [2.24, 2.45) is 0 Å². The largest absolute Gasteiger partial charge is 0.507 e. The average Bonchev–Trinajstić information content (AvgIpc) is 3.44. The predicted molar refractivity (Wildman–Crippen MR) is 286 cm³/mol. The second-order valence-electron chi connectivity index (χ2n) is 22.3. The molecule has 6 aromatic rings. The number of benzene rings is 6. The number of phenols is 2. The quantitative estimate of drug-likeness (QED) is 0.0648. The van der Waals surface area contributed by atoms with Gasteiger partial charge in [-0.05, 0) is 158 Å². The minimum Gasteiger partial charge on any atom is -0.507 e. The molecule has 2 N–H and O–H groups in total. The van der Waals surface area contributed by atoms with Gasteiger partial charge in [-0.1, -0.05) is 113 Å². The molecule has 0 aliphatic heterocycles. The fourth-order valence-corrected chi connectivity index (χ4v) is 13.0. The van der Waals surface area contributed by atoms with Gasteiger partial charge in [0, 0.05) is 40.8 Å². The van der Waals surface area contributed by atoms with Gasteiger partial charge in [0.25, 0.3) is 0 Å². The third-order valence-electron chi connectivity index (χ3n) is 17.0. The van der Waals surface area contributed by atoms with Crippen LogP contribution in [0.25, 0.3) is 44.5 Å². The Hall–Kier alpha value is -5.90. The number of rotatable bonds is 14. The molecule has 0 amide bonds. The third kappa shape index (κ3) is 11.3. The third-order valence-corrected chi connectivity index (χ3v) is 17.0. The number of aryl methyl sites for hydroxylation is 2. The molecule has 0 radical (unpaired) electrons. The lowest BCUT2D eigenvalue weighted by molar-refractivity contribution is 0.245. The molecule has 10 rings (SSSR count). The molecule has 10 heteroatoms. The highest BCUT2D eigenvalue weighted by Gasteiger charge is 2.30. The minimum absolute atomic E-state index is 0.0218. The fraction of sp³-hybridized carbons (Fsp3) is 0.446. The van der Waals surface area contributed by atoms with Crippen LogP contribution in [0.1, 0.15) is 192 Å². The Bertz CT molecular complexity index is 2760. The Kier molecular flexibility index (Phi) is 16.2. The van der Waals surface area contributed by atoms with Crippen LogP contribution in [-0.4, -0.2) is 23.4 Å². The monoisotopic (exact) mass is 1030 g/mol. The standard InChI is InChI=1S/C65H70F6O4/c1-38-26-50(48-32-44(40-16-7-3-8-17-40)30-45(33-48)41-18-9-4-10-19-41)64(72)52(28-38)58-56(36-54(66)60(68)62(58)70)74-24-15-25-75-57-37-55(67)61(69)63(71)59(57)53-29-39(2)27-51(65(53)73)49-34-46(42-20-11-5-12-21-42)31-47(35-49)43-22-13-6-14-23-43/h26-37,40-43,72-73H,3-25H2,1-2H3. The molecule has 0 spiro atoms. The van der Waals surface area contributed by atoms with E-state index in [-0.39, 0.29) is 53.8 Å². The number of hydrogen-bond acceptors (Lipinski definition) is 4. The SMILES string of the molecule is Cc1cc(-c2cc(C3CCCCC3)cc(C3CCCCC3)c2)c(O)c(-c2c(OCCCOc3cc(F)c(F)c(F)c3-c3cc(C)cc(-c4cc(C5CCCCC5)cc(C5CCCCC5)c4)c3O)cc(F)c(F)c2F)c1. The van der Waals surface area contributed by atoms with Crippen LogP contribution in [0.2, 0.25) is 0 Å². The van der Waals surface area contributed by atoms with E-state index in [1.54, 1.807) is 13.8 Å². The van der Waals surface area contributed by atoms with Gasteiger partial charge < -0.3 is 19.7 Å². The molecule has 4 nitrogen and oxygen atoms in total. The van der Waals surface area contributed by atoms with Gasteiger partial charge in [-0.25, -0.2) is 26.3 Å². The zero-order valence-corrected chi connectivity index (χ0v) is 43.5. The zero-order chi connectivity index (χ0) is 52.3. The summed E-state index contributed by atoms with van der Waals surface area (Å²) in [7, 11) is 0. The maximum atomic E-state index is 16.2. The molecule has 4 saturated carbocycles. The van der Waals surface area contributed by atoms with Crippen LogP contribution in [0.5, 0.6) is 23.0 Å². The Morgan fingerprint density at radius 3 is 0.973 bits per heavy atom. The van der Waals surface area contributed by atoms with Gasteiger partial charge in [0.15, 0.2) is 34.9 Å². The lowest BCUT2D eigenvalue weighted by Gasteiger charge is -2.27. The molecule has 0 aromatic heterocycles. The molecule has 4 fully saturated rings. The highest BCUT2D eigenvalue weighted by Crippen LogP contribution is 2.50. The summed E-state index contributed by atoms with van der Waals surface area (Å²) in [6.07, 6.45) is 22.6. The summed E-state index contributed by atoms with van der Waals surface area (Å²) in [6.45, 7) is 3.05. The van der Waals surface area contributed by atoms with E-state index < -0.39 is 46.0 Å². The molecular weight excluding hydrogens is 959 g/mol. The van der Waals surface area contributed by atoms with E-state index in [2.05, 4.69) is 36.4 Å². The van der Waals surface area contributed by atoms with Gasteiger partial charge in [-0.3, -0.25) is 0 Å². The second kappa shape index (κ2) is 23.1.